The molecule has 0 radical (unpaired) electrons. The van der Waals surface area contributed by atoms with E-state index in [1.165, 1.54) is 5.56 Å². The fourth-order valence-corrected chi connectivity index (χ4v) is 2.08. The molecule has 4 heteroatoms. The second-order valence-electron chi connectivity index (χ2n) is 5.30. The minimum absolute atomic E-state index is 0.414. The van der Waals surface area contributed by atoms with Crippen LogP contribution in [0.5, 0.6) is 5.88 Å². The van der Waals surface area contributed by atoms with E-state index in [0.717, 1.165) is 37.8 Å². The lowest BCUT2D eigenvalue weighted by Gasteiger charge is -2.18. The third kappa shape index (κ3) is 5.47. The topological polar surface area (TPSA) is 37.4 Å². The van der Waals surface area contributed by atoms with Crippen LogP contribution in [0.1, 0.15) is 44.9 Å². The lowest BCUT2D eigenvalue weighted by molar-refractivity contribution is 0.217. The maximum Gasteiger partial charge on any atom is 0.213 e. The summed E-state index contributed by atoms with van der Waals surface area (Å²) in [4.78, 5) is 6.94. The third-order valence-electron chi connectivity index (χ3n) is 3.41. The molecule has 0 spiro atoms. The van der Waals surface area contributed by atoms with Gasteiger partial charge in [-0.2, -0.15) is 0 Å². The molecule has 0 aromatic carbocycles. The molecule has 1 N–H and O–H groups in total. The van der Waals surface area contributed by atoms with Crippen LogP contribution in [0.3, 0.4) is 0 Å². The SMILES string of the molecule is CCN(CC)CCOc1cc(CNC)cc(C(C)C)n1. The largest absolute Gasteiger partial charge is 0.476 e. The van der Waals surface area contributed by atoms with Gasteiger partial charge in [0.25, 0.3) is 0 Å². The monoisotopic (exact) mass is 279 g/mol. The summed E-state index contributed by atoms with van der Waals surface area (Å²) in [5, 5.41) is 3.18. The van der Waals surface area contributed by atoms with E-state index < -0.39 is 0 Å². The summed E-state index contributed by atoms with van der Waals surface area (Å²) < 4.78 is 5.84. The van der Waals surface area contributed by atoms with Crippen molar-refractivity contribution in [2.24, 2.45) is 0 Å². The quantitative estimate of drug-likeness (QED) is 0.754. The number of rotatable bonds is 9. The second kappa shape index (κ2) is 8.93. The first kappa shape index (κ1) is 16.9. The lowest BCUT2D eigenvalue weighted by Crippen LogP contribution is -2.28. The van der Waals surface area contributed by atoms with E-state index in [0.29, 0.717) is 12.5 Å². The van der Waals surface area contributed by atoms with Crippen LogP contribution in [0.15, 0.2) is 12.1 Å². The highest BCUT2D eigenvalue weighted by molar-refractivity contribution is 5.26. The standard InChI is InChI=1S/C16H29N3O/c1-6-19(7-2)8-9-20-16-11-14(12-17-5)10-15(18-16)13(3)4/h10-11,13,17H,6-9,12H2,1-5H3. The number of nitrogens with zero attached hydrogens (tertiary/aromatic N) is 2. The lowest BCUT2D eigenvalue weighted by atomic mass is 10.1. The first-order valence-electron chi connectivity index (χ1n) is 7.61. The van der Waals surface area contributed by atoms with Crippen molar-refractivity contribution in [1.29, 1.82) is 0 Å². The van der Waals surface area contributed by atoms with Gasteiger partial charge in [0, 0.05) is 24.8 Å². The van der Waals surface area contributed by atoms with Gasteiger partial charge in [-0.25, -0.2) is 4.98 Å². The van der Waals surface area contributed by atoms with Crippen molar-refractivity contribution in [3.8, 4) is 5.88 Å². The molecule has 114 valence electrons. The Morgan fingerprint density at radius 3 is 2.50 bits per heavy atom. The van der Waals surface area contributed by atoms with Gasteiger partial charge < -0.3 is 15.0 Å². The number of hydrogen-bond donors (Lipinski definition) is 1. The number of hydrogen-bond acceptors (Lipinski definition) is 4. The molecule has 0 unspecified atom stereocenters. The van der Waals surface area contributed by atoms with Crippen LogP contribution in [0.2, 0.25) is 0 Å². The van der Waals surface area contributed by atoms with Crippen LogP contribution in [-0.4, -0.2) is 43.2 Å². The smallest absolute Gasteiger partial charge is 0.213 e. The van der Waals surface area contributed by atoms with E-state index in [1.807, 2.05) is 13.1 Å². The van der Waals surface area contributed by atoms with Crippen molar-refractivity contribution in [1.82, 2.24) is 15.2 Å². The van der Waals surface area contributed by atoms with Crippen molar-refractivity contribution >= 4 is 0 Å². The predicted molar refractivity (Wildman–Crippen MR) is 84.4 cm³/mol. The zero-order valence-electron chi connectivity index (χ0n) is 13.6. The highest BCUT2D eigenvalue weighted by Gasteiger charge is 2.07. The molecule has 0 aliphatic rings. The molecule has 0 aliphatic heterocycles. The van der Waals surface area contributed by atoms with Crippen molar-refractivity contribution in [3.63, 3.8) is 0 Å². The van der Waals surface area contributed by atoms with Gasteiger partial charge in [-0.3, -0.25) is 0 Å². The molecule has 0 atom stereocenters. The molecule has 0 amide bonds. The summed E-state index contributed by atoms with van der Waals surface area (Å²) in [6, 6.07) is 4.18. The fourth-order valence-electron chi connectivity index (χ4n) is 2.08. The molecule has 1 heterocycles. The summed E-state index contributed by atoms with van der Waals surface area (Å²) in [5.41, 5.74) is 2.32. The Bertz CT molecular complexity index is 389. The van der Waals surface area contributed by atoms with Crippen LogP contribution in [-0.2, 0) is 6.54 Å². The molecule has 4 nitrogen and oxygen atoms in total. The molecule has 20 heavy (non-hydrogen) atoms. The molecule has 0 aliphatic carbocycles. The number of nitrogens with one attached hydrogen (secondary N) is 1. The summed E-state index contributed by atoms with van der Waals surface area (Å²) in [6.07, 6.45) is 0. The number of aromatic nitrogens is 1. The Labute approximate surface area is 123 Å². The minimum atomic E-state index is 0.414. The van der Waals surface area contributed by atoms with Gasteiger partial charge in [0.05, 0.1) is 0 Å². The van der Waals surface area contributed by atoms with Crippen LogP contribution >= 0.6 is 0 Å². The highest BCUT2D eigenvalue weighted by Crippen LogP contribution is 2.19. The molecule has 1 rings (SSSR count). The van der Waals surface area contributed by atoms with Gasteiger partial charge in [-0.05, 0) is 37.7 Å². The molecule has 0 saturated heterocycles. The Balaban J connectivity index is 2.68. The van der Waals surface area contributed by atoms with Crippen LogP contribution in [0.4, 0.5) is 0 Å². The second-order valence-corrected chi connectivity index (χ2v) is 5.30. The van der Waals surface area contributed by atoms with E-state index in [9.17, 15) is 0 Å². The minimum Gasteiger partial charge on any atom is -0.476 e. The van der Waals surface area contributed by atoms with Crippen molar-refractivity contribution in [2.45, 2.75) is 40.2 Å². The summed E-state index contributed by atoms with van der Waals surface area (Å²) in [5.74, 6) is 1.16. The highest BCUT2D eigenvalue weighted by atomic mass is 16.5. The maximum atomic E-state index is 5.84. The maximum absolute atomic E-state index is 5.84. The molecule has 0 fully saturated rings. The molecular weight excluding hydrogens is 250 g/mol. The van der Waals surface area contributed by atoms with Crippen LogP contribution < -0.4 is 10.1 Å². The molecule has 1 aromatic rings. The van der Waals surface area contributed by atoms with E-state index in [-0.39, 0.29) is 0 Å². The normalized spacial score (nSPS) is 11.3. The average molecular weight is 279 g/mol. The average Bonchev–Trinajstić information content (AvgIpc) is 2.44. The zero-order valence-corrected chi connectivity index (χ0v) is 13.6. The van der Waals surface area contributed by atoms with Crippen LogP contribution in [0, 0.1) is 0 Å². The van der Waals surface area contributed by atoms with Gasteiger partial charge >= 0.3 is 0 Å². The molecule has 0 bridgehead atoms. The van der Waals surface area contributed by atoms with Gasteiger partial charge in [0.15, 0.2) is 0 Å². The summed E-state index contributed by atoms with van der Waals surface area (Å²) in [6.45, 7) is 13.3. The number of pyridine rings is 1. The van der Waals surface area contributed by atoms with E-state index in [1.54, 1.807) is 0 Å². The number of likely N-dealkylation sites (N-methyl/N-ethyl adjacent to an activating group) is 1. The first-order chi connectivity index (χ1) is 9.60. The van der Waals surface area contributed by atoms with Crippen molar-refractivity contribution in [3.05, 3.63) is 23.4 Å². The van der Waals surface area contributed by atoms with Gasteiger partial charge in [0.1, 0.15) is 6.61 Å². The first-order valence-corrected chi connectivity index (χ1v) is 7.61. The fraction of sp³-hybridized carbons (Fsp3) is 0.688. The van der Waals surface area contributed by atoms with Gasteiger partial charge in [-0.15, -0.1) is 0 Å². The Morgan fingerprint density at radius 1 is 1.25 bits per heavy atom. The van der Waals surface area contributed by atoms with Crippen molar-refractivity contribution < 1.29 is 4.74 Å². The zero-order chi connectivity index (χ0) is 15.0. The molecule has 0 saturated carbocycles. The van der Waals surface area contributed by atoms with E-state index in [2.05, 4.69) is 49.0 Å². The molecule has 1 aromatic heterocycles. The Hall–Kier alpha value is -1.13. The summed E-state index contributed by atoms with van der Waals surface area (Å²) >= 11 is 0. The van der Waals surface area contributed by atoms with Crippen LogP contribution in [0.25, 0.3) is 0 Å². The van der Waals surface area contributed by atoms with E-state index >= 15 is 0 Å². The summed E-state index contributed by atoms with van der Waals surface area (Å²) in [7, 11) is 1.95. The Kier molecular flexibility index (Phi) is 7.55. The van der Waals surface area contributed by atoms with E-state index in [4.69, 9.17) is 4.74 Å². The van der Waals surface area contributed by atoms with Gasteiger partial charge in [0.2, 0.25) is 5.88 Å². The Morgan fingerprint density at radius 2 is 1.95 bits per heavy atom. The predicted octanol–water partition coefficient (Wildman–Crippen LogP) is 2.65. The number of ether oxygens (including phenoxy) is 1. The van der Waals surface area contributed by atoms with Crippen molar-refractivity contribution in [2.75, 3.05) is 33.3 Å². The molecular formula is C16H29N3O. The van der Waals surface area contributed by atoms with Gasteiger partial charge in [-0.1, -0.05) is 27.7 Å². The third-order valence-corrected chi connectivity index (χ3v) is 3.41.